The first-order valence-corrected chi connectivity index (χ1v) is 5.90. The molecule has 0 aliphatic heterocycles. The molecular weight excluding hydrogens is 238 g/mol. The molecule has 92 valence electrons. The largest absolute Gasteiger partial charge is 0.392 e. The van der Waals surface area contributed by atoms with E-state index in [1.807, 2.05) is 30.3 Å². The van der Waals surface area contributed by atoms with Gasteiger partial charge in [-0.1, -0.05) is 18.2 Å². The Morgan fingerprint density at radius 1 is 1.21 bits per heavy atom. The highest BCUT2D eigenvalue weighted by Crippen LogP contribution is 2.27. The van der Waals surface area contributed by atoms with Gasteiger partial charge in [0.25, 0.3) is 0 Å². The maximum atomic E-state index is 9.20. The molecule has 3 aromatic rings. The Balaban J connectivity index is 2.21. The summed E-state index contributed by atoms with van der Waals surface area (Å²) in [6.07, 6.45) is 0. The molecule has 4 heteroatoms. The van der Waals surface area contributed by atoms with E-state index in [-0.39, 0.29) is 6.61 Å². The maximum Gasteiger partial charge on any atom is 0.0999 e. The molecule has 1 aromatic heterocycles. The Kier molecular flexibility index (Phi) is 2.75. The minimum Gasteiger partial charge on any atom is -0.392 e. The van der Waals surface area contributed by atoms with Crippen molar-refractivity contribution in [2.24, 2.45) is 0 Å². The van der Waals surface area contributed by atoms with Gasteiger partial charge in [-0.05, 0) is 29.8 Å². The van der Waals surface area contributed by atoms with Crippen LogP contribution in [0.4, 0.5) is 0 Å². The molecular formula is C15H11N3O. The molecule has 0 aliphatic rings. The highest BCUT2D eigenvalue weighted by molar-refractivity contribution is 5.93. The summed E-state index contributed by atoms with van der Waals surface area (Å²) >= 11 is 0. The number of nitrogens with one attached hydrogen (secondary N) is 1. The molecule has 0 fully saturated rings. The van der Waals surface area contributed by atoms with Crippen molar-refractivity contribution in [1.29, 1.82) is 5.26 Å². The summed E-state index contributed by atoms with van der Waals surface area (Å²) < 4.78 is 0. The van der Waals surface area contributed by atoms with Gasteiger partial charge in [0.2, 0.25) is 0 Å². The quantitative estimate of drug-likeness (QED) is 0.733. The SMILES string of the molecule is N#Cc1cccc(-c2n[nH]c3ccc(CO)cc23)c1. The van der Waals surface area contributed by atoms with Gasteiger partial charge >= 0.3 is 0 Å². The van der Waals surface area contributed by atoms with E-state index in [0.29, 0.717) is 5.56 Å². The number of benzene rings is 2. The van der Waals surface area contributed by atoms with E-state index in [4.69, 9.17) is 5.26 Å². The monoisotopic (exact) mass is 249 g/mol. The first-order chi connectivity index (χ1) is 9.31. The van der Waals surface area contributed by atoms with Gasteiger partial charge in [-0.25, -0.2) is 0 Å². The molecule has 0 spiro atoms. The van der Waals surface area contributed by atoms with Gasteiger partial charge in [-0.15, -0.1) is 0 Å². The summed E-state index contributed by atoms with van der Waals surface area (Å²) in [5.41, 5.74) is 4.04. The van der Waals surface area contributed by atoms with Crippen LogP contribution in [0.3, 0.4) is 0 Å². The second-order valence-corrected chi connectivity index (χ2v) is 4.30. The van der Waals surface area contributed by atoms with Crippen molar-refractivity contribution >= 4 is 10.9 Å². The molecule has 2 N–H and O–H groups in total. The minimum atomic E-state index is -0.00120. The number of aliphatic hydroxyl groups is 1. The molecule has 4 nitrogen and oxygen atoms in total. The molecule has 0 saturated heterocycles. The van der Waals surface area contributed by atoms with E-state index in [1.165, 1.54) is 0 Å². The van der Waals surface area contributed by atoms with Crippen LogP contribution < -0.4 is 0 Å². The van der Waals surface area contributed by atoms with E-state index in [0.717, 1.165) is 27.7 Å². The number of H-pyrrole nitrogens is 1. The molecule has 3 rings (SSSR count). The third kappa shape index (κ3) is 1.96. The van der Waals surface area contributed by atoms with Crippen LogP contribution in [0, 0.1) is 11.3 Å². The van der Waals surface area contributed by atoms with Crippen LogP contribution >= 0.6 is 0 Å². The number of aromatic nitrogens is 2. The zero-order valence-corrected chi connectivity index (χ0v) is 10.1. The van der Waals surface area contributed by atoms with Crippen molar-refractivity contribution < 1.29 is 5.11 Å². The van der Waals surface area contributed by atoms with Crippen LogP contribution in [0.1, 0.15) is 11.1 Å². The van der Waals surface area contributed by atoms with E-state index in [9.17, 15) is 5.11 Å². The molecule has 2 aromatic carbocycles. The average molecular weight is 249 g/mol. The first-order valence-electron chi connectivity index (χ1n) is 5.90. The van der Waals surface area contributed by atoms with Gasteiger partial charge in [0.1, 0.15) is 0 Å². The Morgan fingerprint density at radius 2 is 2.11 bits per heavy atom. The molecule has 0 bridgehead atoms. The van der Waals surface area contributed by atoms with Crippen molar-refractivity contribution in [2.45, 2.75) is 6.61 Å². The van der Waals surface area contributed by atoms with Gasteiger partial charge in [0, 0.05) is 10.9 Å². The summed E-state index contributed by atoms with van der Waals surface area (Å²) in [6.45, 7) is -0.00120. The molecule has 0 atom stereocenters. The Bertz CT molecular complexity index is 783. The minimum absolute atomic E-state index is 0.00120. The highest BCUT2D eigenvalue weighted by atomic mass is 16.3. The predicted octanol–water partition coefficient (Wildman–Crippen LogP) is 2.59. The van der Waals surface area contributed by atoms with Gasteiger partial charge in [0.15, 0.2) is 0 Å². The lowest BCUT2D eigenvalue weighted by Gasteiger charge is -2.00. The van der Waals surface area contributed by atoms with Gasteiger partial charge in [0.05, 0.1) is 29.5 Å². The molecule has 0 saturated carbocycles. The number of aromatic amines is 1. The molecule has 0 unspecified atom stereocenters. The molecule has 0 radical (unpaired) electrons. The standard InChI is InChI=1S/C15H11N3O/c16-8-10-2-1-3-12(6-10)15-13-7-11(9-19)4-5-14(13)17-18-15/h1-7,19H,9H2,(H,17,18). The normalized spacial score (nSPS) is 10.5. The number of hydrogen-bond acceptors (Lipinski definition) is 3. The second-order valence-electron chi connectivity index (χ2n) is 4.30. The summed E-state index contributed by atoms with van der Waals surface area (Å²) in [5.74, 6) is 0. The van der Waals surface area contributed by atoms with Crippen molar-refractivity contribution in [3.8, 4) is 17.3 Å². The van der Waals surface area contributed by atoms with Crippen LogP contribution in [0.15, 0.2) is 42.5 Å². The lowest BCUT2D eigenvalue weighted by atomic mass is 10.0. The average Bonchev–Trinajstić information content (AvgIpc) is 2.90. The highest BCUT2D eigenvalue weighted by Gasteiger charge is 2.09. The molecule has 0 aliphatic carbocycles. The number of nitrogens with zero attached hydrogens (tertiary/aromatic N) is 2. The number of aliphatic hydroxyl groups excluding tert-OH is 1. The van der Waals surface area contributed by atoms with E-state index >= 15 is 0 Å². The first kappa shape index (κ1) is 11.5. The summed E-state index contributed by atoms with van der Waals surface area (Å²) in [5, 5.41) is 26.4. The van der Waals surface area contributed by atoms with Crippen LogP contribution in [0.5, 0.6) is 0 Å². The van der Waals surface area contributed by atoms with Crippen molar-refractivity contribution in [3.63, 3.8) is 0 Å². The fourth-order valence-corrected chi connectivity index (χ4v) is 2.12. The van der Waals surface area contributed by atoms with Crippen LogP contribution in [0.2, 0.25) is 0 Å². The van der Waals surface area contributed by atoms with Crippen molar-refractivity contribution in [1.82, 2.24) is 10.2 Å². The third-order valence-corrected chi connectivity index (χ3v) is 3.07. The lowest BCUT2D eigenvalue weighted by Crippen LogP contribution is -1.83. The summed E-state index contributed by atoms with van der Waals surface area (Å²) in [6, 6.07) is 15.1. The molecule has 19 heavy (non-hydrogen) atoms. The van der Waals surface area contributed by atoms with Crippen LogP contribution in [-0.4, -0.2) is 15.3 Å². The van der Waals surface area contributed by atoms with Gasteiger partial charge in [-0.3, -0.25) is 5.10 Å². The number of hydrogen-bond donors (Lipinski definition) is 2. The van der Waals surface area contributed by atoms with E-state index < -0.39 is 0 Å². The lowest BCUT2D eigenvalue weighted by molar-refractivity contribution is 0.282. The third-order valence-electron chi connectivity index (χ3n) is 3.07. The number of rotatable bonds is 2. The predicted molar refractivity (Wildman–Crippen MR) is 72.2 cm³/mol. The Labute approximate surface area is 109 Å². The van der Waals surface area contributed by atoms with Crippen molar-refractivity contribution in [3.05, 3.63) is 53.6 Å². The fraction of sp³-hybridized carbons (Fsp3) is 0.0667. The molecule has 1 heterocycles. The zero-order valence-electron chi connectivity index (χ0n) is 10.1. The number of nitriles is 1. The second kappa shape index (κ2) is 4.56. The smallest absolute Gasteiger partial charge is 0.0999 e. The van der Waals surface area contributed by atoms with Crippen LogP contribution in [-0.2, 0) is 6.61 Å². The van der Waals surface area contributed by atoms with Gasteiger partial charge < -0.3 is 5.11 Å². The maximum absolute atomic E-state index is 9.20. The molecule has 0 amide bonds. The van der Waals surface area contributed by atoms with E-state index in [2.05, 4.69) is 16.3 Å². The van der Waals surface area contributed by atoms with Crippen LogP contribution in [0.25, 0.3) is 22.2 Å². The van der Waals surface area contributed by atoms with Crippen molar-refractivity contribution in [2.75, 3.05) is 0 Å². The number of fused-ring (bicyclic) bond motifs is 1. The Morgan fingerprint density at radius 3 is 2.89 bits per heavy atom. The summed E-state index contributed by atoms with van der Waals surface area (Å²) in [4.78, 5) is 0. The fourth-order valence-electron chi connectivity index (χ4n) is 2.12. The Hall–Kier alpha value is -2.64. The van der Waals surface area contributed by atoms with Gasteiger partial charge in [-0.2, -0.15) is 10.4 Å². The summed E-state index contributed by atoms with van der Waals surface area (Å²) in [7, 11) is 0. The zero-order chi connectivity index (χ0) is 13.2. The topological polar surface area (TPSA) is 72.7 Å². The van der Waals surface area contributed by atoms with E-state index in [1.54, 1.807) is 12.1 Å².